The van der Waals surface area contributed by atoms with Gasteiger partial charge in [-0.1, -0.05) is 29.4 Å². The number of benzene rings is 2. The van der Waals surface area contributed by atoms with Crippen LogP contribution in [0.4, 0.5) is 0 Å². The Hall–Kier alpha value is -1.94. The molecule has 0 bridgehead atoms. The maximum absolute atomic E-state index is 9.18. The summed E-state index contributed by atoms with van der Waals surface area (Å²) in [5.41, 5.74) is 2.07. The Kier molecular flexibility index (Phi) is 4.25. The predicted octanol–water partition coefficient (Wildman–Crippen LogP) is 3.49. The molecule has 4 heteroatoms. The topological polar surface area (TPSA) is 52.8 Å². The van der Waals surface area contributed by atoms with Crippen LogP contribution in [0.5, 0.6) is 5.75 Å². The molecule has 18 heavy (non-hydrogen) atoms. The third-order valence-corrected chi connectivity index (χ3v) is 3.51. The molecule has 0 radical (unpaired) electrons. The van der Waals surface area contributed by atoms with Gasteiger partial charge in [0.25, 0.3) is 0 Å². The molecule has 0 aliphatic rings. The van der Waals surface area contributed by atoms with E-state index in [4.69, 9.17) is 5.21 Å². The van der Waals surface area contributed by atoms with Crippen molar-refractivity contribution in [3.05, 3.63) is 59.7 Å². The predicted molar refractivity (Wildman–Crippen MR) is 73.5 cm³/mol. The number of oxime groups is 1. The Morgan fingerprint density at radius 3 is 2.28 bits per heavy atom. The summed E-state index contributed by atoms with van der Waals surface area (Å²) in [5, 5.41) is 20.6. The van der Waals surface area contributed by atoms with Crippen molar-refractivity contribution in [1.29, 1.82) is 0 Å². The van der Waals surface area contributed by atoms with Crippen molar-refractivity contribution in [3.8, 4) is 5.75 Å². The Morgan fingerprint density at radius 1 is 1.00 bits per heavy atom. The third-order valence-electron chi connectivity index (χ3n) is 2.43. The first-order valence-electron chi connectivity index (χ1n) is 5.46. The summed E-state index contributed by atoms with van der Waals surface area (Å²) >= 11 is 1.71. The van der Waals surface area contributed by atoms with E-state index in [-0.39, 0.29) is 5.75 Å². The molecule has 2 aromatic rings. The van der Waals surface area contributed by atoms with Gasteiger partial charge in [0.2, 0.25) is 0 Å². The van der Waals surface area contributed by atoms with Gasteiger partial charge in [0, 0.05) is 10.6 Å². The van der Waals surface area contributed by atoms with Gasteiger partial charge < -0.3 is 10.3 Å². The molecule has 0 fully saturated rings. The van der Waals surface area contributed by atoms with Gasteiger partial charge in [-0.3, -0.25) is 0 Å². The molecule has 0 aliphatic carbocycles. The summed E-state index contributed by atoms with van der Waals surface area (Å²) in [7, 11) is 0. The molecule has 0 heterocycles. The molecule has 0 saturated heterocycles. The molecule has 92 valence electrons. The molecule has 2 aromatic carbocycles. The first-order valence-corrected chi connectivity index (χ1v) is 6.45. The quantitative estimate of drug-likeness (QED) is 0.382. The number of phenols is 1. The van der Waals surface area contributed by atoms with Crippen LogP contribution in [0, 0.1) is 0 Å². The lowest BCUT2D eigenvalue weighted by Gasteiger charge is -2.02. The van der Waals surface area contributed by atoms with Crippen LogP contribution in [0.3, 0.4) is 0 Å². The average molecular weight is 259 g/mol. The maximum Gasteiger partial charge on any atom is 0.115 e. The highest BCUT2D eigenvalue weighted by molar-refractivity contribution is 7.98. The van der Waals surface area contributed by atoms with Crippen LogP contribution in [0.1, 0.15) is 11.1 Å². The van der Waals surface area contributed by atoms with Crippen molar-refractivity contribution < 1.29 is 10.3 Å². The second-order valence-electron chi connectivity index (χ2n) is 3.77. The zero-order chi connectivity index (χ0) is 12.8. The molecular weight excluding hydrogens is 246 g/mol. The number of phenolic OH excluding ortho intramolecular Hbond substituents is 1. The van der Waals surface area contributed by atoms with Crippen LogP contribution in [-0.4, -0.2) is 16.5 Å². The van der Waals surface area contributed by atoms with Crippen molar-refractivity contribution in [2.45, 2.75) is 10.6 Å². The highest BCUT2D eigenvalue weighted by Crippen LogP contribution is 2.24. The van der Waals surface area contributed by atoms with Crippen LogP contribution >= 0.6 is 11.8 Å². The van der Waals surface area contributed by atoms with Gasteiger partial charge in [-0.2, -0.15) is 0 Å². The highest BCUT2D eigenvalue weighted by Gasteiger charge is 1.97. The van der Waals surface area contributed by atoms with Gasteiger partial charge in [0.15, 0.2) is 0 Å². The molecule has 2 N–H and O–H groups in total. The fourth-order valence-electron chi connectivity index (χ4n) is 1.48. The summed E-state index contributed by atoms with van der Waals surface area (Å²) in [6.45, 7) is 0. The lowest BCUT2D eigenvalue weighted by Crippen LogP contribution is -1.84. The van der Waals surface area contributed by atoms with E-state index in [0.717, 1.165) is 16.2 Å². The smallest absolute Gasteiger partial charge is 0.115 e. The lowest BCUT2D eigenvalue weighted by molar-refractivity contribution is 0.322. The minimum atomic E-state index is 0.284. The normalized spacial score (nSPS) is 10.9. The second kappa shape index (κ2) is 6.12. The summed E-state index contributed by atoms with van der Waals surface area (Å²) in [6, 6.07) is 15.0. The molecule has 0 atom stereocenters. The zero-order valence-corrected chi connectivity index (χ0v) is 10.5. The first kappa shape index (κ1) is 12.5. The van der Waals surface area contributed by atoms with E-state index in [2.05, 4.69) is 5.16 Å². The largest absolute Gasteiger partial charge is 0.508 e. The Morgan fingerprint density at radius 2 is 1.67 bits per heavy atom. The van der Waals surface area contributed by atoms with E-state index in [0.29, 0.717) is 0 Å². The lowest BCUT2D eigenvalue weighted by atomic mass is 10.2. The standard InChI is InChI=1S/C14H13NO2S/c16-13-5-7-14(8-6-13)18-10-12-3-1-11(2-4-12)9-15-17/h1-9,16-17H,10H2/b15-9+. The molecule has 3 nitrogen and oxygen atoms in total. The van der Waals surface area contributed by atoms with Crippen LogP contribution in [0.15, 0.2) is 58.6 Å². The number of hydrogen-bond donors (Lipinski definition) is 2. The van der Waals surface area contributed by atoms with E-state index in [9.17, 15) is 5.11 Å². The van der Waals surface area contributed by atoms with Gasteiger partial charge in [-0.15, -0.1) is 11.8 Å². The van der Waals surface area contributed by atoms with Gasteiger partial charge in [-0.25, -0.2) is 0 Å². The average Bonchev–Trinajstić information content (AvgIpc) is 2.40. The van der Waals surface area contributed by atoms with Gasteiger partial charge >= 0.3 is 0 Å². The Balaban J connectivity index is 1.95. The monoisotopic (exact) mass is 259 g/mol. The summed E-state index contributed by atoms with van der Waals surface area (Å²) < 4.78 is 0. The van der Waals surface area contributed by atoms with E-state index >= 15 is 0 Å². The van der Waals surface area contributed by atoms with Crippen LogP contribution in [0.2, 0.25) is 0 Å². The van der Waals surface area contributed by atoms with Gasteiger partial charge in [0.05, 0.1) is 6.21 Å². The van der Waals surface area contributed by atoms with Crippen molar-refractivity contribution in [1.82, 2.24) is 0 Å². The number of thioether (sulfide) groups is 1. The maximum atomic E-state index is 9.18. The van der Waals surface area contributed by atoms with Crippen LogP contribution in [0.25, 0.3) is 0 Å². The number of nitrogens with zero attached hydrogens (tertiary/aromatic N) is 1. The van der Waals surface area contributed by atoms with Gasteiger partial charge in [0.1, 0.15) is 5.75 Å². The van der Waals surface area contributed by atoms with E-state index in [1.54, 1.807) is 23.9 Å². The Labute approximate surface area is 110 Å². The molecule has 0 aromatic heterocycles. The number of rotatable bonds is 4. The first-order chi connectivity index (χ1) is 8.78. The van der Waals surface area contributed by atoms with Gasteiger partial charge in [-0.05, 0) is 35.4 Å². The SMILES string of the molecule is O/N=C/c1ccc(CSc2ccc(O)cc2)cc1. The second-order valence-corrected chi connectivity index (χ2v) is 4.82. The van der Waals surface area contributed by atoms with E-state index in [1.165, 1.54) is 11.8 Å². The summed E-state index contributed by atoms with van der Waals surface area (Å²) in [6.07, 6.45) is 1.40. The van der Waals surface area contributed by atoms with Crippen molar-refractivity contribution in [2.24, 2.45) is 5.16 Å². The highest BCUT2D eigenvalue weighted by atomic mass is 32.2. The molecule has 0 aliphatic heterocycles. The van der Waals surface area contributed by atoms with Crippen molar-refractivity contribution in [2.75, 3.05) is 0 Å². The molecule has 0 amide bonds. The molecule has 2 rings (SSSR count). The number of hydrogen-bond acceptors (Lipinski definition) is 4. The minimum Gasteiger partial charge on any atom is -0.508 e. The van der Waals surface area contributed by atoms with Crippen molar-refractivity contribution >= 4 is 18.0 Å². The molecule has 0 spiro atoms. The fourth-order valence-corrected chi connectivity index (χ4v) is 2.33. The zero-order valence-electron chi connectivity index (χ0n) is 9.65. The van der Waals surface area contributed by atoms with Crippen molar-refractivity contribution in [3.63, 3.8) is 0 Å². The molecular formula is C14H13NO2S. The van der Waals surface area contributed by atoms with E-state index in [1.807, 2.05) is 36.4 Å². The molecule has 0 saturated carbocycles. The van der Waals surface area contributed by atoms with E-state index < -0.39 is 0 Å². The van der Waals surface area contributed by atoms with Crippen LogP contribution in [-0.2, 0) is 5.75 Å². The number of aromatic hydroxyl groups is 1. The third kappa shape index (κ3) is 3.53. The van der Waals surface area contributed by atoms with Crippen LogP contribution < -0.4 is 0 Å². The Bertz CT molecular complexity index is 520. The summed E-state index contributed by atoms with van der Waals surface area (Å²) in [5.74, 6) is 1.15. The molecule has 0 unspecified atom stereocenters. The minimum absolute atomic E-state index is 0.284. The summed E-state index contributed by atoms with van der Waals surface area (Å²) in [4.78, 5) is 1.12. The fraction of sp³-hybridized carbons (Fsp3) is 0.0714.